The molecule has 0 saturated heterocycles. The van der Waals surface area contributed by atoms with E-state index >= 15 is 0 Å². The second-order valence-corrected chi connectivity index (χ2v) is 4.01. The number of carboxylic acids is 1. The summed E-state index contributed by atoms with van der Waals surface area (Å²) in [4.78, 5) is 21.9. The molecule has 4 heteroatoms. The van der Waals surface area contributed by atoms with Crippen LogP contribution in [-0.2, 0) is 9.59 Å². The number of carbonyl (C=O) groups excluding carboxylic acids is 2. The molecule has 0 unspecified atom stereocenters. The van der Waals surface area contributed by atoms with Gasteiger partial charge in [0.05, 0.1) is 0 Å². The smallest absolute Gasteiger partial charge is 0.550 e. The average Bonchev–Trinajstić information content (AvgIpc) is 2.04. The molecule has 0 aromatic carbocycles. The summed E-state index contributed by atoms with van der Waals surface area (Å²) in [6.45, 7) is 1.44. The number of carbonyl (C=O) groups is 2. The van der Waals surface area contributed by atoms with Gasteiger partial charge in [-0.2, -0.15) is 0 Å². The monoisotopic (exact) mass is 206 g/mol. The Kier molecular flexibility index (Phi) is 5.94. The molecule has 0 aliphatic heterocycles. The number of hydrogen-bond acceptors (Lipinski definition) is 3. The summed E-state index contributed by atoms with van der Waals surface area (Å²) in [5.41, 5.74) is -0.843. The van der Waals surface area contributed by atoms with E-state index in [4.69, 9.17) is 0 Å². The fourth-order valence-corrected chi connectivity index (χ4v) is 2.16. The molecule has 14 heavy (non-hydrogen) atoms. The van der Waals surface area contributed by atoms with Crippen LogP contribution in [0.2, 0.25) is 0 Å². The number of ketones is 1. The van der Waals surface area contributed by atoms with Crippen molar-refractivity contribution in [3.63, 3.8) is 0 Å². The fraction of sp³-hybridized carbons (Fsp3) is 0.800. The Labute approximate surface area is 107 Å². The maximum atomic E-state index is 10.9. The molecule has 0 aromatic rings. The van der Waals surface area contributed by atoms with Gasteiger partial charge in [-0.1, -0.05) is 19.3 Å². The quantitative estimate of drug-likeness (QED) is 0.487. The Hall–Kier alpha value is 0.140. The van der Waals surface area contributed by atoms with E-state index in [1.807, 2.05) is 0 Å². The molecule has 0 heterocycles. The van der Waals surface area contributed by atoms with Gasteiger partial charge < -0.3 is 9.90 Å². The first-order valence-corrected chi connectivity index (χ1v) is 4.78. The summed E-state index contributed by atoms with van der Waals surface area (Å²) < 4.78 is 0. The van der Waals surface area contributed by atoms with Crippen molar-refractivity contribution < 1.29 is 44.3 Å². The third-order valence-corrected chi connectivity index (χ3v) is 2.83. The van der Waals surface area contributed by atoms with Crippen LogP contribution in [0, 0.1) is 5.41 Å². The molecule has 3 nitrogen and oxygen atoms in total. The summed E-state index contributed by atoms with van der Waals surface area (Å²) in [5.74, 6) is -1.09. The number of Topliss-reactive ketones (excluding diaryl/α,β-unsaturated/α-hetero) is 1. The standard InChI is InChI=1S/C10H16O3.Na/c1-8(11)7-10(9(12)13)5-3-2-4-6-10;/h2-7H2,1H3,(H,12,13);/q;+1/p-1. The van der Waals surface area contributed by atoms with E-state index in [9.17, 15) is 14.7 Å². The number of hydrogen-bond donors (Lipinski definition) is 0. The first-order chi connectivity index (χ1) is 6.07. The minimum absolute atomic E-state index is 0. The summed E-state index contributed by atoms with van der Waals surface area (Å²) in [6, 6.07) is 0. The summed E-state index contributed by atoms with van der Waals surface area (Å²) in [6.07, 6.45) is 4.24. The van der Waals surface area contributed by atoms with E-state index in [-0.39, 0.29) is 41.8 Å². The normalized spacial score (nSPS) is 19.5. The largest absolute Gasteiger partial charge is 1.00 e. The first kappa shape index (κ1) is 14.1. The first-order valence-electron chi connectivity index (χ1n) is 4.78. The Balaban J connectivity index is 0.00000169. The van der Waals surface area contributed by atoms with Gasteiger partial charge in [0.1, 0.15) is 5.78 Å². The van der Waals surface area contributed by atoms with Crippen molar-refractivity contribution in [1.29, 1.82) is 0 Å². The molecule has 0 atom stereocenters. The minimum atomic E-state index is -1.04. The van der Waals surface area contributed by atoms with Gasteiger partial charge in [0.25, 0.3) is 0 Å². The summed E-state index contributed by atoms with van der Waals surface area (Å²) >= 11 is 0. The van der Waals surface area contributed by atoms with Crippen LogP contribution in [0.1, 0.15) is 45.4 Å². The SMILES string of the molecule is CC(=O)CC1(C(=O)[O-])CCCCC1.[Na+]. The van der Waals surface area contributed by atoms with E-state index < -0.39 is 11.4 Å². The van der Waals surface area contributed by atoms with Crippen LogP contribution in [0.25, 0.3) is 0 Å². The Morgan fingerprint density at radius 2 is 1.71 bits per heavy atom. The van der Waals surface area contributed by atoms with Gasteiger partial charge in [0.15, 0.2) is 0 Å². The van der Waals surface area contributed by atoms with Crippen molar-refractivity contribution in [2.75, 3.05) is 0 Å². The van der Waals surface area contributed by atoms with Crippen molar-refractivity contribution >= 4 is 11.8 Å². The minimum Gasteiger partial charge on any atom is -0.550 e. The molecular formula is C10H15NaO3. The van der Waals surface area contributed by atoms with Crippen LogP contribution < -0.4 is 34.7 Å². The average molecular weight is 206 g/mol. The summed E-state index contributed by atoms with van der Waals surface area (Å²) in [5, 5.41) is 10.9. The molecule has 1 rings (SSSR count). The van der Waals surface area contributed by atoms with Gasteiger partial charge in [-0.25, -0.2) is 0 Å². The van der Waals surface area contributed by atoms with Gasteiger partial charge in [-0.3, -0.25) is 4.79 Å². The molecule has 74 valence electrons. The van der Waals surface area contributed by atoms with Crippen molar-refractivity contribution in [1.82, 2.24) is 0 Å². The zero-order chi connectivity index (χ0) is 9.90. The third kappa shape index (κ3) is 3.37. The van der Waals surface area contributed by atoms with Crippen molar-refractivity contribution in [3.05, 3.63) is 0 Å². The fourth-order valence-electron chi connectivity index (χ4n) is 2.16. The van der Waals surface area contributed by atoms with E-state index in [0.29, 0.717) is 12.8 Å². The van der Waals surface area contributed by atoms with Crippen LogP contribution >= 0.6 is 0 Å². The maximum Gasteiger partial charge on any atom is 1.00 e. The van der Waals surface area contributed by atoms with Crippen molar-refractivity contribution in [3.8, 4) is 0 Å². The predicted molar refractivity (Wildman–Crippen MR) is 45.8 cm³/mol. The zero-order valence-corrected chi connectivity index (χ0v) is 11.0. The number of rotatable bonds is 3. The molecular weight excluding hydrogens is 191 g/mol. The van der Waals surface area contributed by atoms with Gasteiger partial charge in [0.2, 0.25) is 0 Å². The van der Waals surface area contributed by atoms with Crippen LogP contribution in [-0.4, -0.2) is 11.8 Å². The van der Waals surface area contributed by atoms with Crippen LogP contribution in [0.3, 0.4) is 0 Å². The molecule has 1 aliphatic carbocycles. The Morgan fingerprint density at radius 3 is 2.07 bits per heavy atom. The third-order valence-electron chi connectivity index (χ3n) is 2.83. The summed E-state index contributed by atoms with van der Waals surface area (Å²) in [7, 11) is 0. The zero-order valence-electron chi connectivity index (χ0n) is 8.97. The molecule has 0 N–H and O–H groups in total. The molecule has 0 bridgehead atoms. The van der Waals surface area contributed by atoms with Crippen molar-refractivity contribution in [2.24, 2.45) is 5.41 Å². The van der Waals surface area contributed by atoms with Crippen molar-refractivity contribution in [2.45, 2.75) is 45.4 Å². The van der Waals surface area contributed by atoms with Gasteiger partial charge in [-0.05, 0) is 19.8 Å². The molecule has 1 aliphatic rings. The molecule has 0 spiro atoms. The van der Waals surface area contributed by atoms with E-state index in [1.54, 1.807) is 0 Å². The second kappa shape index (κ2) is 5.89. The molecule has 0 amide bonds. The van der Waals surface area contributed by atoms with Crippen LogP contribution in [0.5, 0.6) is 0 Å². The van der Waals surface area contributed by atoms with Crippen LogP contribution in [0.15, 0.2) is 0 Å². The Morgan fingerprint density at radius 1 is 1.21 bits per heavy atom. The number of carboxylic acid groups (broad SMARTS) is 1. The van der Waals surface area contributed by atoms with Crippen LogP contribution in [0.4, 0.5) is 0 Å². The number of aliphatic carboxylic acids is 1. The van der Waals surface area contributed by atoms with E-state index in [1.165, 1.54) is 6.92 Å². The van der Waals surface area contributed by atoms with Gasteiger partial charge in [0, 0.05) is 17.8 Å². The Bertz CT molecular complexity index is 219. The maximum absolute atomic E-state index is 10.9. The topological polar surface area (TPSA) is 57.2 Å². The van der Waals surface area contributed by atoms with E-state index in [0.717, 1.165) is 19.3 Å². The second-order valence-electron chi connectivity index (χ2n) is 4.01. The van der Waals surface area contributed by atoms with Gasteiger partial charge >= 0.3 is 29.6 Å². The molecule has 0 radical (unpaired) electrons. The predicted octanol–water partition coefficient (Wildman–Crippen LogP) is -2.33. The van der Waals surface area contributed by atoms with E-state index in [2.05, 4.69) is 0 Å². The van der Waals surface area contributed by atoms with Gasteiger partial charge in [-0.15, -0.1) is 0 Å². The molecule has 0 aromatic heterocycles. The molecule has 1 fully saturated rings. The molecule has 1 saturated carbocycles.